The van der Waals surface area contributed by atoms with Gasteiger partial charge in [0.05, 0.1) is 13.2 Å². The molecule has 0 amide bonds. The highest BCUT2D eigenvalue weighted by Gasteiger charge is 2.51. The fourth-order valence-electron chi connectivity index (χ4n) is 7.94. The molecule has 70 heavy (non-hydrogen) atoms. The lowest BCUT2D eigenvalue weighted by Gasteiger charge is -2.41. The van der Waals surface area contributed by atoms with Gasteiger partial charge in [0, 0.05) is 13.0 Å². The van der Waals surface area contributed by atoms with Crippen molar-refractivity contribution in [3.05, 3.63) is 85.1 Å². The Hall–Kier alpha value is -2.48. The zero-order valence-electron chi connectivity index (χ0n) is 43.5. The molecule has 0 radical (unpaired) electrons. The predicted molar refractivity (Wildman–Crippen MR) is 285 cm³/mol. The van der Waals surface area contributed by atoms with E-state index >= 15 is 0 Å². The van der Waals surface area contributed by atoms with Crippen molar-refractivity contribution in [1.82, 2.24) is 0 Å². The summed E-state index contributed by atoms with van der Waals surface area (Å²) < 4.78 is 34.3. The number of hydrogen-bond donors (Lipinski definition) is 6. The standard InChI is InChI=1S/C57H99O12P/c1-3-5-7-9-11-13-15-17-19-21-23-25-27-29-31-33-35-37-39-41-43-45-47-66-48-50(49-67-70(64,65)69-57-55(62)53(60)52(59)54(61)56(57)63)68-51(58)46-44-42-40-38-36-34-32-30-28-26-24-22-20-18-16-14-12-10-8-6-4-2/h6,8,12,14-15,17-18,20-21,23-24,26,30,32,50,52-57,59-63H,3-5,7,9-11,13,16,19,22,25,27-29,31,33-49H2,1-2H3,(H,64,65)/b8-6-,14-12-,17-15-,20-18-,23-21-,26-24-,32-30-. The van der Waals surface area contributed by atoms with Crippen molar-refractivity contribution in [2.45, 2.75) is 249 Å². The number of aliphatic hydroxyl groups is 5. The Morgan fingerprint density at radius 2 is 0.843 bits per heavy atom. The van der Waals surface area contributed by atoms with Gasteiger partial charge in [0.15, 0.2) is 0 Å². The first kappa shape index (κ1) is 65.5. The van der Waals surface area contributed by atoms with Crippen molar-refractivity contribution in [1.29, 1.82) is 0 Å². The molecule has 1 aliphatic rings. The highest BCUT2D eigenvalue weighted by molar-refractivity contribution is 7.47. The zero-order chi connectivity index (χ0) is 51.2. The maximum atomic E-state index is 12.9. The molecule has 6 N–H and O–H groups in total. The molecular weight excluding hydrogens is 908 g/mol. The highest BCUT2D eigenvalue weighted by atomic mass is 31.2. The first-order valence-electron chi connectivity index (χ1n) is 27.4. The minimum atomic E-state index is -5.04. The van der Waals surface area contributed by atoms with Crippen LogP contribution >= 0.6 is 7.82 Å². The van der Waals surface area contributed by atoms with Gasteiger partial charge in [-0.2, -0.15) is 0 Å². The van der Waals surface area contributed by atoms with E-state index in [0.717, 1.165) is 103 Å². The first-order chi connectivity index (χ1) is 34.0. The van der Waals surface area contributed by atoms with Gasteiger partial charge in [-0.05, 0) is 89.9 Å². The van der Waals surface area contributed by atoms with Gasteiger partial charge in [-0.25, -0.2) is 4.57 Å². The van der Waals surface area contributed by atoms with Crippen LogP contribution in [0.15, 0.2) is 85.1 Å². The lowest BCUT2D eigenvalue weighted by Crippen LogP contribution is -2.64. The molecule has 1 fully saturated rings. The third-order valence-corrected chi connectivity index (χ3v) is 13.2. The zero-order valence-corrected chi connectivity index (χ0v) is 44.4. The molecule has 6 unspecified atom stereocenters. The molecule has 12 nitrogen and oxygen atoms in total. The number of aliphatic hydroxyl groups excluding tert-OH is 5. The average molecular weight is 1010 g/mol. The van der Waals surface area contributed by atoms with Crippen molar-refractivity contribution in [2.75, 3.05) is 19.8 Å². The summed E-state index contributed by atoms with van der Waals surface area (Å²) in [6.07, 6.45) is 50.7. The number of carbonyl (C=O) groups is 1. The van der Waals surface area contributed by atoms with Crippen LogP contribution in [-0.2, 0) is 27.9 Å². The summed E-state index contributed by atoms with van der Waals surface area (Å²) in [7, 11) is -5.04. The van der Waals surface area contributed by atoms with Crippen LogP contribution in [0.4, 0.5) is 0 Å². The van der Waals surface area contributed by atoms with Crippen LogP contribution in [0.1, 0.15) is 206 Å². The van der Waals surface area contributed by atoms with E-state index in [1.54, 1.807) is 0 Å². The average Bonchev–Trinajstić information content (AvgIpc) is 3.35. The van der Waals surface area contributed by atoms with Crippen LogP contribution in [0, 0.1) is 0 Å². The summed E-state index contributed by atoms with van der Waals surface area (Å²) in [6.45, 7) is 4.12. The molecule has 0 heterocycles. The molecule has 1 saturated carbocycles. The smallest absolute Gasteiger partial charge is 0.457 e. The summed E-state index contributed by atoms with van der Waals surface area (Å²) in [5, 5.41) is 50.4. The fraction of sp³-hybridized carbons (Fsp3) is 0.737. The minimum Gasteiger partial charge on any atom is -0.457 e. The third-order valence-electron chi connectivity index (χ3n) is 12.3. The predicted octanol–water partition coefficient (Wildman–Crippen LogP) is 12.9. The molecular formula is C57H99O12P. The van der Waals surface area contributed by atoms with Gasteiger partial charge in [0.25, 0.3) is 0 Å². The molecule has 1 rings (SSSR count). The van der Waals surface area contributed by atoms with Gasteiger partial charge >= 0.3 is 13.8 Å². The summed E-state index contributed by atoms with van der Waals surface area (Å²) in [6, 6.07) is 0. The largest absolute Gasteiger partial charge is 0.472 e. The topological polar surface area (TPSA) is 192 Å². The number of carbonyl (C=O) groups excluding carboxylic acids is 1. The first-order valence-corrected chi connectivity index (χ1v) is 28.9. The minimum absolute atomic E-state index is 0.0913. The van der Waals surface area contributed by atoms with Gasteiger partial charge in [-0.1, -0.05) is 195 Å². The Morgan fingerprint density at radius 3 is 1.29 bits per heavy atom. The van der Waals surface area contributed by atoms with Crippen molar-refractivity contribution in [3.8, 4) is 0 Å². The quantitative estimate of drug-likeness (QED) is 0.0147. The Balaban J connectivity index is 2.34. The van der Waals surface area contributed by atoms with Crippen molar-refractivity contribution >= 4 is 13.8 Å². The Kier molecular flexibility index (Phi) is 43.4. The summed E-state index contributed by atoms with van der Waals surface area (Å²) in [5.41, 5.74) is 0. The number of unbranched alkanes of at least 4 members (excludes halogenated alkanes) is 20. The lowest BCUT2D eigenvalue weighted by atomic mass is 9.85. The fourth-order valence-corrected chi connectivity index (χ4v) is 8.91. The lowest BCUT2D eigenvalue weighted by molar-refractivity contribution is -0.220. The van der Waals surface area contributed by atoms with E-state index in [1.165, 1.54) is 77.0 Å². The van der Waals surface area contributed by atoms with Gasteiger partial charge in [0.2, 0.25) is 0 Å². The number of ether oxygens (including phenoxy) is 2. The molecule has 1 aliphatic carbocycles. The second kappa shape index (κ2) is 46.3. The number of phosphoric acid groups is 1. The van der Waals surface area contributed by atoms with Crippen LogP contribution in [0.5, 0.6) is 0 Å². The van der Waals surface area contributed by atoms with E-state index < -0.39 is 63.1 Å². The molecule has 0 aliphatic heterocycles. The number of phosphoric ester groups is 1. The van der Waals surface area contributed by atoms with Gasteiger partial charge < -0.3 is 39.9 Å². The normalized spacial score (nSPS) is 21.5. The molecule has 0 saturated heterocycles. The molecule has 0 aromatic rings. The van der Waals surface area contributed by atoms with Crippen molar-refractivity contribution in [3.63, 3.8) is 0 Å². The maximum absolute atomic E-state index is 12.9. The van der Waals surface area contributed by atoms with E-state index in [4.69, 9.17) is 18.5 Å². The number of esters is 1. The van der Waals surface area contributed by atoms with E-state index in [9.17, 15) is 39.8 Å². The summed E-state index contributed by atoms with van der Waals surface area (Å²) in [4.78, 5) is 23.3. The molecule has 0 spiro atoms. The monoisotopic (exact) mass is 1010 g/mol. The maximum Gasteiger partial charge on any atom is 0.472 e. The molecule has 0 bridgehead atoms. The molecule has 13 heteroatoms. The van der Waals surface area contributed by atoms with Crippen LogP contribution < -0.4 is 0 Å². The number of hydrogen-bond acceptors (Lipinski definition) is 11. The van der Waals surface area contributed by atoms with Crippen LogP contribution in [0.25, 0.3) is 0 Å². The van der Waals surface area contributed by atoms with E-state index in [0.29, 0.717) is 13.0 Å². The van der Waals surface area contributed by atoms with E-state index in [1.807, 2.05) is 0 Å². The Labute approximate surface area is 424 Å². The Bertz CT molecular complexity index is 1480. The summed E-state index contributed by atoms with van der Waals surface area (Å²) >= 11 is 0. The summed E-state index contributed by atoms with van der Waals surface area (Å²) in [5.74, 6) is -0.498. The highest BCUT2D eigenvalue weighted by Crippen LogP contribution is 2.47. The van der Waals surface area contributed by atoms with Gasteiger partial charge in [-0.3, -0.25) is 13.8 Å². The number of rotatable bonds is 46. The second-order valence-corrected chi connectivity index (χ2v) is 20.1. The van der Waals surface area contributed by atoms with Crippen LogP contribution in [-0.4, -0.2) is 98.9 Å². The second-order valence-electron chi connectivity index (χ2n) is 18.7. The molecule has 0 aromatic carbocycles. The Morgan fingerprint density at radius 1 is 0.471 bits per heavy atom. The van der Waals surface area contributed by atoms with E-state index in [-0.39, 0.29) is 13.0 Å². The molecule has 6 atom stereocenters. The van der Waals surface area contributed by atoms with E-state index in [2.05, 4.69) is 98.9 Å². The van der Waals surface area contributed by atoms with Crippen molar-refractivity contribution < 1.29 is 58.3 Å². The van der Waals surface area contributed by atoms with Crippen LogP contribution in [0.2, 0.25) is 0 Å². The third kappa shape index (κ3) is 37.3. The van der Waals surface area contributed by atoms with Crippen LogP contribution in [0.3, 0.4) is 0 Å². The van der Waals surface area contributed by atoms with Gasteiger partial charge in [-0.15, -0.1) is 0 Å². The van der Waals surface area contributed by atoms with Gasteiger partial charge in [0.1, 0.15) is 42.7 Å². The molecule has 0 aromatic heterocycles. The number of allylic oxidation sites excluding steroid dienone is 14. The SMILES string of the molecule is CC/C=C\C/C=C\C/C=C\C/C=C\C/C=C\CCCCCCCC(=O)OC(COCCCCCCCCCCCC/C=C\C/C=C\CCCCCCC)COP(=O)(O)OC1C(O)C(O)C(O)C(O)C1O. The molecule has 404 valence electrons. The van der Waals surface area contributed by atoms with Crippen molar-refractivity contribution in [2.24, 2.45) is 0 Å².